The molecule has 0 heterocycles. The molecule has 0 N–H and O–H groups in total. The molecule has 3 saturated carbocycles. The third-order valence-corrected chi connectivity index (χ3v) is 8.81. The Morgan fingerprint density at radius 1 is 0.762 bits per heavy atom. The maximum Gasteiger partial charge on any atom is 0.100 e. The van der Waals surface area contributed by atoms with Crippen LogP contribution >= 0.6 is 0 Å². The van der Waals surface area contributed by atoms with E-state index in [1.807, 2.05) is 0 Å². The van der Waals surface area contributed by atoms with Crippen LogP contribution in [-0.4, -0.2) is 15.7 Å². The van der Waals surface area contributed by atoms with Gasteiger partial charge in [-0.15, -0.1) is 0 Å². The highest BCUT2D eigenvalue weighted by Gasteiger charge is 2.58. The van der Waals surface area contributed by atoms with Gasteiger partial charge in [0.2, 0.25) is 0 Å². The molecule has 118 valence electrons. The molecule has 21 heavy (non-hydrogen) atoms. The fourth-order valence-corrected chi connectivity index (χ4v) is 6.35. The van der Waals surface area contributed by atoms with Gasteiger partial charge in [-0.2, -0.15) is 0 Å². The van der Waals surface area contributed by atoms with Gasteiger partial charge in [0.05, 0.1) is 0 Å². The van der Waals surface area contributed by atoms with Crippen molar-refractivity contribution in [1.82, 2.24) is 0 Å². The summed E-state index contributed by atoms with van der Waals surface area (Å²) in [5.41, 5.74) is 1.94. The zero-order valence-electron chi connectivity index (χ0n) is 15.4. The third kappa shape index (κ3) is 2.34. The first-order valence-corrected chi connectivity index (χ1v) is 9.73. The van der Waals surface area contributed by atoms with Crippen molar-refractivity contribution in [3.8, 4) is 0 Å². The number of rotatable bonds is 1. The molecule has 1 atom stereocenters. The van der Waals surface area contributed by atoms with E-state index in [0.29, 0.717) is 10.6 Å². The van der Waals surface area contributed by atoms with E-state index in [0.717, 1.165) is 16.7 Å². The highest BCUT2D eigenvalue weighted by Crippen LogP contribution is 2.69. The summed E-state index contributed by atoms with van der Waals surface area (Å²) in [6.45, 7) is 7.40. The van der Waals surface area contributed by atoms with Crippen LogP contribution in [0.4, 0.5) is 0 Å². The molecule has 0 aromatic carbocycles. The Bertz CT molecular complexity index is 379. The van der Waals surface area contributed by atoms with Crippen molar-refractivity contribution in [3.63, 3.8) is 0 Å². The largest absolute Gasteiger partial charge is 0.100 e. The van der Waals surface area contributed by atoms with Crippen LogP contribution in [0.1, 0.15) is 91.4 Å². The first-order valence-electron chi connectivity index (χ1n) is 9.73. The lowest BCUT2D eigenvalue weighted by molar-refractivity contribution is -0.113. The Labute approximate surface area is 135 Å². The summed E-state index contributed by atoms with van der Waals surface area (Å²) in [5.74, 6) is 0.946. The summed E-state index contributed by atoms with van der Waals surface area (Å²) >= 11 is 0. The second-order valence-corrected chi connectivity index (χ2v) is 10.4. The van der Waals surface area contributed by atoms with E-state index in [9.17, 15) is 0 Å². The molecule has 0 aromatic heterocycles. The number of hydrogen-bond acceptors (Lipinski definition) is 0. The van der Waals surface area contributed by atoms with Crippen LogP contribution in [0.5, 0.6) is 0 Å². The Morgan fingerprint density at radius 3 is 1.71 bits per heavy atom. The molecule has 0 spiro atoms. The van der Waals surface area contributed by atoms with E-state index in [1.165, 1.54) is 32.1 Å². The molecule has 2 heteroatoms. The lowest BCUT2D eigenvalue weighted by atomic mass is 9.33. The molecule has 3 aliphatic carbocycles. The predicted molar refractivity (Wildman–Crippen MR) is 98.4 cm³/mol. The SMILES string of the molecule is BC(B)(C1CCC23CCCCC2(CCCC3)C1)C(C)(C)C. The fourth-order valence-electron chi connectivity index (χ4n) is 6.35. The monoisotopic (exact) mass is 286 g/mol. The molecule has 0 aliphatic heterocycles. The average Bonchev–Trinajstić information content (AvgIpc) is 2.44. The molecule has 0 aromatic rings. The smallest absolute Gasteiger partial charge is 0.0771 e. The highest BCUT2D eigenvalue weighted by atomic mass is 14.6. The van der Waals surface area contributed by atoms with Gasteiger partial charge in [-0.1, -0.05) is 58.1 Å². The molecule has 1 unspecified atom stereocenters. The summed E-state index contributed by atoms with van der Waals surface area (Å²) in [6.07, 6.45) is 16.9. The van der Waals surface area contributed by atoms with Gasteiger partial charge in [0.15, 0.2) is 0 Å². The summed E-state index contributed by atoms with van der Waals surface area (Å²) in [6, 6.07) is 0. The predicted octanol–water partition coefficient (Wildman–Crippen LogP) is 4.34. The zero-order chi connectivity index (χ0) is 15.4. The van der Waals surface area contributed by atoms with E-state index >= 15 is 0 Å². The third-order valence-electron chi connectivity index (χ3n) is 8.81. The molecule has 3 aliphatic rings. The van der Waals surface area contributed by atoms with Gasteiger partial charge in [-0.3, -0.25) is 0 Å². The second-order valence-electron chi connectivity index (χ2n) is 10.4. The van der Waals surface area contributed by atoms with Gasteiger partial charge in [0.25, 0.3) is 0 Å². The van der Waals surface area contributed by atoms with Crippen LogP contribution in [-0.2, 0) is 0 Å². The number of hydrogen-bond donors (Lipinski definition) is 0. The van der Waals surface area contributed by atoms with E-state index in [4.69, 9.17) is 0 Å². The second kappa shape index (κ2) is 5.07. The van der Waals surface area contributed by atoms with Crippen LogP contribution in [0.3, 0.4) is 0 Å². The van der Waals surface area contributed by atoms with Crippen LogP contribution in [0.25, 0.3) is 0 Å². The Morgan fingerprint density at radius 2 is 1.24 bits per heavy atom. The van der Waals surface area contributed by atoms with Crippen LogP contribution in [0.2, 0.25) is 5.21 Å². The summed E-state index contributed by atoms with van der Waals surface area (Å²) in [7, 11) is 5.12. The van der Waals surface area contributed by atoms with Crippen molar-refractivity contribution in [2.45, 2.75) is 96.6 Å². The summed E-state index contributed by atoms with van der Waals surface area (Å²) in [4.78, 5) is 0. The van der Waals surface area contributed by atoms with Crippen molar-refractivity contribution in [2.75, 3.05) is 0 Å². The van der Waals surface area contributed by atoms with Crippen molar-refractivity contribution in [1.29, 1.82) is 0 Å². The van der Waals surface area contributed by atoms with Crippen molar-refractivity contribution in [3.05, 3.63) is 0 Å². The Hall–Kier alpha value is 0.130. The van der Waals surface area contributed by atoms with Gasteiger partial charge in [-0.25, -0.2) is 0 Å². The van der Waals surface area contributed by atoms with Crippen molar-refractivity contribution >= 4 is 15.7 Å². The lowest BCUT2D eigenvalue weighted by Gasteiger charge is -2.64. The molecule has 0 radical (unpaired) electrons. The molecule has 3 fully saturated rings. The van der Waals surface area contributed by atoms with Crippen LogP contribution in [0, 0.1) is 22.2 Å². The summed E-state index contributed by atoms with van der Waals surface area (Å²) in [5, 5.41) is 0.475. The van der Waals surface area contributed by atoms with Crippen molar-refractivity contribution < 1.29 is 0 Å². The first kappa shape index (κ1) is 16.0. The Kier molecular flexibility index (Phi) is 3.86. The van der Waals surface area contributed by atoms with Crippen LogP contribution < -0.4 is 0 Å². The normalized spacial score (nSPS) is 41.2. The van der Waals surface area contributed by atoms with Gasteiger partial charge >= 0.3 is 0 Å². The lowest BCUT2D eigenvalue weighted by Crippen LogP contribution is -2.53. The quantitative estimate of drug-likeness (QED) is 0.629. The fraction of sp³-hybridized carbons (Fsp3) is 1.00. The zero-order valence-corrected chi connectivity index (χ0v) is 15.4. The van der Waals surface area contributed by atoms with Gasteiger partial charge in [-0.05, 0) is 60.7 Å². The van der Waals surface area contributed by atoms with Gasteiger partial charge in [0, 0.05) is 0 Å². The van der Waals surface area contributed by atoms with Crippen molar-refractivity contribution in [2.24, 2.45) is 22.2 Å². The minimum absolute atomic E-state index is 0.428. The van der Waals surface area contributed by atoms with Gasteiger partial charge in [0.1, 0.15) is 15.7 Å². The molecule has 0 amide bonds. The van der Waals surface area contributed by atoms with E-state index < -0.39 is 0 Å². The molecular formula is C19H36B2. The minimum atomic E-state index is 0.428. The molecule has 0 nitrogen and oxygen atoms in total. The van der Waals surface area contributed by atoms with E-state index in [1.54, 1.807) is 38.5 Å². The standard InChI is InChI=1S/C19H36B2/c1-16(2,3)19(20,21)15-8-13-17-9-4-6-11-18(17,14-15)12-7-5-10-17/h15H,4-14,20-21H2,1-3H3. The maximum absolute atomic E-state index is 2.56. The van der Waals surface area contributed by atoms with E-state index in [-0.39, 0.29) is 0 Å². The maximum atomic E-state index is 2.56. The molecule has 0 saturated heterocycles. The van der Waals surface area contributed by atoms with Crippen LogP contribution in [0.15, 0.2) is 0 Å². The van der Waals surface area contributed by atoms with Gasteiger partial charge < -0.3 is 0 Å². The first-order chi connectivity index (χ1) is 9.73. The molecule has 3 rings (SSSR count). The minimum Gasteiger partial charge on any atom is -0.0771 e. The van der Waals surface area contributed by atoms with E-state index in [2.05, 4.69) is 36.5 Å². The topological polar surface area (TPSA) is 0 Å². The molecular weight excluding hydrogens is 250 g/mol. The summed E-state index contributed by atoms with van der Waals surface area (Å²) < 4.78 is 0. The highest BCUT2D eigenvalue weighted by molar-refractivity contribution is 6.40. The Balaban J connectivity index is 1.88. The average molecular weight is 286 g/mol. The molecule has 0 bridgehead atoms.